The summed E-state index contributed by atoms with van der Waals surface area (Å²) >= 11 is 0. The van der Waals surface area contributed by atoms with Gasteiger partial charge in [0.15, 0.2) is 0 Å². The number of hydrogen-bond acceptors (Lipinski definition) is 3. The number of aliphatic carboxylic acids is 1. The Morgan fingerprint density at radius 3 is 1.60 bits per heavy atom. The van der Waals surface area contributed by atoms with Gasteiger partial charge in [0, 0.05) is 13.0 Å². The molecule has 0 rings (SSSR count). The predicted molar refractivity (Wildman–Crippen MR) is 58.6 cm³/mol. The maximum atomic E-state index is 10.4. The number of rotatable bonds is 5. The summed E-state index contributed by atoms with van der Waals surface area (Å²) in [5.74, 6) is -1.25. The molecule has 0 aromatic rings. The predicted octanol–water partition coefficient (Wildman–Crippen LogP) is 1.71. The molecule has 0 unspecified atom stereocenters. The lowest BCUT2D eigenvalue weighted by Gasteiger charge is -1.97. The van der Waals surface area contributed by atoms with E-state index in [0.29, 0.717) is 12.5 Å². The monoisotopic (exact) mass is 218 g/mol. The first-order valence-electron chi connectivity index (χ1n) is 5.18. The normalized spacial score (nSPS) is 9.80. The minimum atomic E-state index is -1.33. The molecule has 4 heteroatoms. The number of aliphatic hydroxyl groups excluding tert-OH is 1. The van der Waals surface area contributed by atoms with E-state index in [-0.39, 0.29) is 12.3 Å². The maximum Gasteiger partial charge on any atom is 0.372 e. The number of hydrogen-bond donors (Lipinski definition) is 2. The molecular weight excluding hydrogens is 196 g/mol. The number of Topliss-reactive ketones (excluding diaryl/α,β-unsaturated/α-hetero) is 1. The first-order valence-corrected chi connectivity index (χ1v) is 5.18. The Morgan fingerprint density at radius 2 is 1.53 bits per heavy atom. The number of carbonyl (C=O) groups is 2. The fourth-order valence-electron chi connectivity index (χ4n) is 0.716. The van der Waals surface area contributed by atoms with Gasteiger partial charge in [0.05, 0.1) is 0 Å². The first kappa shape index (κ1) is 16.5. The van der Waals surface area contributed by atoms with Crippen LogP contribution in [0.3, 0.4) is 0 Å². The van der Waals surface area contributed by atoms with Crippen LogP contribution in [0.15, 0.2) is 0 Å². The topological polar surface area (TPSA) is 74.6 Å². The lowest BCUT2D eigenvalue weighted by atomic mass is 10.1. The van der Waals surface area contributed by atoms with Crippen molar-refractivity contribution in [1.29, 1.82) is 0 Å². The van der Waals surface area contributed by atoms with Crippen LogP contribution >= 0.6 is 0 Å². The Morgan fingerprint density at radius 1 is 1.07 bits per heavy atom. The highest BCUT2D eigenvalue weighted by atomic mass is 16.4. The van der Waals surface area contributed by atoms with Gasteiger partial charge >= 0.3 is 5.97 Å². The number of ketones is 1. The molecule has 2 N–H and O–H groups in total. The van der Waals surface area contributed by atoms with Gasteiger partial charge in [-0.2, -0.15) is 0 Å². The molecule has 0 atom stereocenters. The number of carboxylic acid groups (broad SMARTS) is 1. The van der Waals surface area contributed by atoms with Crippen molar-refractivity contribution in [2.24, 2.45) is 11.8 Å². The standard InChI is InChI=1S/C6H10O3.C5H12O/c1-4(2)3-5(7)6(8)9;1-5(2)3-4-6/h4H,3H2,1-2H3,(H,8,9);5-6H,3-4H2,1-2H3. The summed E-state index contributed by atoms with van der Waals surface area (Å²) in [5.41, 5.74) is 0. The maximum absolute atomic E-state index is 10.4. The van der Waals surface area contributed by atoms with Gasteiger partial charge in [0.1, 0.15) is 0 Å². The van der Waals surface area contributed by atoms with Gasteiger partial charge in [-0.25, -0.2) is 4.79 Å². The average molecular weight is 218 g/mol. The van der Waals surface area contributed by atoms with Crippen LogP contribution in [0, 0.1) is 11.8 Å². The van der Waals surface area contributed by atoms with Crippen molar-refractivity contribution in [3.05, 3.63) is 0 Å². The van der Waals surface area contributed by atoms with E-state index < -0.39 is 11.8 Å². The van der Waals surface area contributed by atoms with Crippen molar-refractivity contribution in [3.8, 4) is 0 Å². The van der Waals surface area contributed by atoms with Crippen molar-refractivity contribution in [2.75, 3.05) is 6.61 Å². The molecule has 15 heavy (non-hydrogen) atoms. The van der Waals surface area contributed by atoms with Crippen LogP contribution in [0.25, 0.3) is 0 Å². The Labute approximate surface area is 91.3 Å². The highest BCUT2D eigenvalue weighted by Gasteiger charge is 2.11. The van der Waals surface area contributed by atoms with Crippen molar-refractivity contribution >= 4 is 11.8 Å². The number of carbonyl (C=O) groups excluding carboxylic acids is 1. The van der Waals surface area contributed by atoms with Crippen LogP contribution in [0.1, 0.15) is 40.5 Å². The highest BCUT2D eigenvalue weighted by molar-refractivity contribution is 6.32. The van der Waals surface area contributed by atoms with Gasteiger partial charge in [-0.05, 0) is 18.3 Å². The van der Waals surface area contributed by atoms with Crippen molar-refractivity contribution in [1.82, 2.24) is 0 Å². The third-order valence-corrected chi connectivity index (χ3v) is 1.54. The van der Waals surface area contributed by atoms with Crippen molar-refractivity contribution in [3.63, 3.8) is 0 Å². The van der Waals surface area contributed by atoms with Crippen molar-refractivity contribution in [2.45, 2.75) is 40.5 Å². The van der Waals surface area contributed by atoms with Crippen molar-refractivity contribution < 1.29 is 19.8 Å². The largest absolute Gasteiger partial charge is 0.476 e. The van der Waals surface area contributed by atoms with Crippen LogP contribution in [0.2, 0.25) is 0 Å². The van der Waals surface area contributed by atoms with Crippen LogP contribution in [-0.2, 0) is 9.59 Å². The van der Waals surface area contributed by atoms with E-state index in [1.165, 1.54) is 0 Å². The Kier molecular flexibility index (Phi) is 10.6. The van der Waals surface area contributed by atoms with Gasteiger partial charge in [-0.3, -0.25) is 4.79 Å². The molecule has 0 saturated heterocycles. The molecule has 0 radical (unpaired) electrons. The summed E-state index contributed by atoms with van der Waals surface area (Å²) in [5, 5.41) is 16.3. The lowest BCUT2D eigenvalue weighted by molar-refractivity contribution is -0.149. The van der Waals surface area contributed by atoms with Crippen LogP contribution in [-0.4, -0.2) is 28.6 Å². The van der Waals surface area contributed by atoms with Crippen LogP contribution in [0.4, 0.5) is 0 Å². The first-order chi connectivity index (χ1) is 6.81. The Balaban J connectivity index is 0. The van der Waals surface area contributed by atoms with E-state index >= 15 is 0 Å². The van der Waals surface area contributed by atoms with Gasteiger partial charge in [0.25, 0.3) is 0 Å². The molecule has 0 aromatic carbocycles. The molecule has 0 aliphatic rings. The molecule has 0 aliphatic carbocycles. The van der Waals surface area contributed by atoms with E-state index in [4.69, 9.17) is 10.2 Å². The van der Waals surface area contributed by atoms with E-state index in [0.717, 1.165) is 6.42 Å². The Bertz CT molecular complexity index is 185. The highest BCUT2D eigenvalue weighted by Crippen LogP contribution is 1.99. The third kappa shape index (κ3) is 15.8. The van der Waals surface area contributed by atoms with Crippen LogP contribution < -0.4 is 0 Å². The molecule has 0 aromatic heterocycles. The lowest BCUT2D eigenvalue weighted by Crippen LogP contribution is -2.14. The second-order valence-electron chi connectivity index (χ2n) is 4.23. The molecule has 0 heterocycles. The molecule has 90 valence electrons. The van der Waals surface area contributed by atoms with Gasteiger partial charge in [-0.1, -0.05) is 27.7 Å². The fourth-order valence-corrected chi connectivity index (χ4v) is 0.716. The number of aliphatic hydroxyl groups is 1. The van der Waals surface area contributed by atoms with E-state index in [2.05, 4.69) is 13.8 Å². The van der Waals surface area contributed by atoms with Gasteiger partial charge in [-0.15, -0.1) is 0 Å². The molecule has 0 fully saturated rings. The molecule has 0 amide bonds. The zero-order valence-electron chi connectivity index (χ0n) is 9.99. The van der Waals surface area contributed by atoms with Crippen LogP contribution in [0.5, 0.6) is 0 Å². The second-order valence-corrected chi connectivity index (χ2v) is 4.23. The zero-order chi connectivity index (χ0) is 12.4. The molecule has 0 spiro atoms. The summed E-state index contributed by atoms with van der Waals surface area (Å²) in [6, 6.07) is 0. The number of carboxylic acids is 1. The summed E-state index contributed by atoms with van der Waals surface area (Å²) in [6.07, 6.45) is 1.06. The van der Waals surface area contributed by atoms with E-state index in [1.54, 1.807) is 13.8 Å². The zero-order valence-corrected chi connectivity index (χ0v) is 9.99. The second kappa shape index (κ2) is 9.65. The summed E-state index contributed by atoms with van der Waals surface area (Å²) < 4.78 is 0. The third-order valence-electron chi connectivity index (χ3n) is 1.54. The smallest absolute Gasteiger partial charge is 0.372 e. The van der Waals surface area contributed by atoms with E-state index in [9.17, 15) is 9.59 Å². The summed E-state index contributed by atoms with van der Waals surface area (Å²) in [7, 11) is 0. The Hall–Kier alpha value is -0.900. The van der Waals surface area contributed by atoms with Gasteiger partial charge < -0.3 is 10.2 Å². The molecule has 4 nitrogen and oxygen atoms in total. The average Bonchev–Trinajstić information content (AvgIpc) is 2.03. The van der Waals surface area contributed by atoms with Gasteiger partial charge in [0.2, 0.25) is 5.78 Å². The minimum Gasteiger partial charge on any atom is -0.476 e. The fraction of sp³-hybridized carbons (Fsp3) is 0.818. The van der Waals surface area contributed by atoms with E-state index in [1.807, 2.05) is 0 Å². The molecule has 0 aliphatic heterocycles. The molecule has 0 bridgehead atoms. The SMILES string of the molecule is CC(C)CC(=O)C(=O)O.CC(C)CCO. The molecular formula is C11H22O4. The summed E-state index contributed by atoms with van der Waals surface area (Å²) in [4.78, 5) is 20.2. The minimum absolute atomic E-state index is 0.133. The quantitative estimate of drug-likeness (QED) is 0.689. The molecule has 0 saturated carbocycles. The summed E-state index contributed by atoms with van der Waals surface area (Å²) in [6.45, 7) is 8.13.